The van der Waals surface area contributed by atoms with E-state index in [4.69, 9.17) is 0 Å². The molecule has 0 aliphatic carbocycles. The smallest absolute Gasteiger partial charge is 0.325 e. The molecular weight excluding hydrogens is 300 g/mol. The number of ether oxygens (including phenoxy) is 1. The number of rotatable bonds is 5. The Morgan fingerprint density at radius 1 is 1.17 bits per heavy atom. The zero-order chi connectivity index (χ0) is 16.8. The van der Waals surface area contributed by atoms with Gasteiger partial charge in [0.25, 0.3) is 11.8 Å². The summed E-state index contributed by atoms with van der Waals surface area (Å²) < 4.78 is 5.80. The zero-order valence-electron chi connectivity index (χ0n) is 12.7. The largest absolute Gasteiger partial charge is 0.468 e. The van der Waals surface area contributed by atoms with Gasteiger partial charge < -0.3 is 15.4 Å². The van der Waals surface area contributed by atoms with Crippen LogP contribution in [0.3, 0.4) is 0 Å². The van der Waals surface area contributed by atoms with Gasteiger partial charge in [0.05, 0.1) is 7.11 Å². The average molecular weight is 316 g/mol. The van der Waals surface area contributed by atoms with E-state index in [0.29, 0.717) is 11.4 Å². The van der Waals surface area contributed by atoms with Crippen LogP contribution in [-0.2, 0) is 16.6 Å². The molecule has 8 heteroatoms. The molecule has 2 amide bonds. The second-order valence-electron chi connectivity index (χ2n) is 4.62. The normalized spacial score (nSPS) is 10.0. The number of aromatic nitrogens is 2. The van der Waals surface area contributed by atoms with E-state index < -0.39 is 11.9 Å². The van der Waals surface area contributed by atoms with Crippen molar-refractivity contribution in [2.24, 2.45) is 7.05 Å². The van der Waals surface area contributed by atoms with Gasteiger partial charge in [0.15, 0.2) is 5.69 Å². The van der Waals surface area contributed by atoms with Crippen LogP contribution >= 0.6 is 0 Å². The molecule has 0 aliphatic rings. The second kappa shape index (κ2) is 7.21. The summed E-state index contributed by atoms with van der Waals surface area (Å²) in [6, 6.07) is 10.1. The Bertz CT molecular complexity index is 724. The highest BCUT2D eigenvalue weighted by Crippen LogP contribution is 2.11. The van der Waals surface area contributed by atoms with E-state index in [1.165, 1.54) is 17.9 Å². The van der Waals surface area contributed by atoms with Gasteiger partial charge in [0, 0.05) is 18.7 Å². The van der Waals surface area contributed by atoms with Gasteiger partial charge in [-0.05, 0) is 12.1 Å². The Labute approximate surface area is 132 Å². The zero-order valence-corrected chi connectivity index (χ0v) is 12.7. The first-order valence-corrected chi connectivity index (χ1v) is 6.76. The highest BCUT2D eigenvalue weighted by Gasteiger charge is 2.15. The first kappa shape index (κ1) is 16.2. The number of methoxy groups -OCH3 is 1. The van der Waals surface area contributed by atoms with Gasteiger partial charge in [0.2, 0.25) is 0 Å². The molecule has 2 aromatic rings. The van der Waals surface area contributed by atoms with Gasteiger partial charge >= 0.3 is 5.97 Å². The Balaban J connectivity index is 2.05. The number of carbonyl (C=O) groups excluding carboxylic acids is 3. The van der Waals surface area contributed by atoms with Crippen LogP contribution < -0.4 is 10.6 Å². The molecule has 0 unspecified atom stereocenters. The van der Waals surface area contributed by atoms with Crippen LogP contribution in [0.4, 0.5) is 5.82 Å². The molecule has 0 spiro atoms. The fourth-order valence-corrected chi connectivity index (χ4v) is 1.79. The lowest BCUT2D eigenvalue weighted by atomic mass is 10.2. The maximum Gasteiger partial charge on any atom is 0.325 e. The van der Waals surface area contributed by atoms with Crippen molar-refractivity contribution >= 4 is 23.6 Å². The molecule has 0 saturated carbocycles. The maximum atomic E-state index is 12.1. The van der Waals surface area contributed by atoms with E-state index in [-0.39, 0.29) is 18.1 Å². The summed E-state index contributed by atoms with van der Waals surface area (Å²) in [5.74, 6) is -1.05. The van der Waals surface area contributed by atoms with Crippen molar-refractivity contribution < 1.29 is 19.1 Å². The average Bonchev–Trinajstić information content (AvgIpc) is 2.93. The number of anilines is 1. The molecule has 8 nitrogen and oxygen atoms in total. The van der Waals surface area contributed by atoms with Gasteiger partial charge in [-0.15, -0.1) is 0 Å². The van der Waals surface area contributed by atoms with Crippen molar-refractivity contribution in [1.29, 1.82) is 0 Å². The van der Waals surface area contributed by atoms with Crippen LogP contribution in [0.5, 0.6) is 0 Å². The fourth-order valence-electron chi connectivity index (χ4n) is 1.79. The number of aryl methyl sites for hydroxylation is 1. The van der Waals surface area contributed by atoms with E-state index in [1.54, 1.807) is 31.3 Å². The van der Waals surface area contributed by atoms with Crippen LogP contribution in [0, 0.1) is 0 Å². The first-order chi connectivity index (χ1) is 11.0. The number of nitrogens with zero attached hydrogens (tertiary/aromatic N) is 2. The van der Waals surface area contributed by atoms with Crippen molar-refractivity contribution in [3.63, 3.8) is 0 Å². The predicted molar refractivity (Wildman–Crippen MR) is 82.0 cm³/mol. The molecule has 1 aromatic carbocycles. The van der Waals surface area contributed by atoms with E-state index >= 15 is 0 Å². The topological polar surface area (TPSA) is 102 Å². The summed E-state index contributed by atoms with van der Waals surface area (Å²) in [6.07, 6.45) is 0. The van der Waals surface area contributed by atoms with E-state index in [9.17, 15) is 14.4 Å². The third-order valence-corrected chi connectivity index (χ3v) is 3.01. The molecular formula is C15H16N4O4. The van der Waals surface area contributed by atoms with Gasteiger partial charge in [-0.2, -0.15) is 5.10 Å². The third kappa shape index (κ3) is 4.16. The molecule has 2 N–H and O–H groups in total. The van der Waals surface area contributed by atoms with E-state index in [0.717, 1.165) is 0 Å². The number of amides is 2. The summed E-state index contributed by atoms with van der Waals surface area (Å²) in [6.45, 7) is -0.252. The highest BCUT2D eigenvalue weighted by molar-refractivity contribution is 6.04. The number of hydrogen-bond donors (Lipinski definition) is 2. The second-order valence-corrected chi connectivity index (χ2v) is 4.62. The highest BCUT2D eigenvalue weighted by atomic mass is 16.5. The number of nitrogens with one attached hydrogen (secondary N) is 2. The number of benzene rings is 1. The summed E-state index contributed by atoms with van der Waals surface area (Å²) in [4.78, 5) is 35.0. The summed E-state index contributed by atoms with van der Waals surface area (Å²) >= 11 is 0. The monoisotopic (exact) mass is 316 g/mol. The quantitative estimate of drug-likeness (QED) is 0.785. The molecule has 0 fully saturated rings. The molecule has 1 aromatic heterocycles. The van der Waals surface area contributed by atoms with Crippen LogP contribution in [0.25, 0.3) is 0 Å². The van der Waals surface area contributed by atoms with Crippen molar-refractivity contribution in [2.45, 2.75) is 0 Å². The minimum Gasteiger partial charge on any atom is -0.468 e. The van der Waals surface area contributed by atoms with Crippen LogP contribution in [0.1, 0.15) is 20.8 Å². The third-order valence-electron chi connectivity index (χ3n) is 3.01. The molecule has 0 aliphatic heterocycles. The van der Waals surface area contributed by atoms with Gasteiger partial charge in [-0.1, -0.05) is 18.2 Å². The Kier molecular flexibility index (Phi) is 5.08. The molecule has 0 bridgehead atoms. The van der Waals surface area contributed by atoms with E-state index in [1.807, 2.05) is 6.07 Å². The summed E-state index contributed by atoms with van der Waals surface area (Å²) in [7, 11) is 2.82. The Hall–Kier alpha value is -3.16. The molecule has 0 saturated heterocycles. The van der Waals surface area contributed by atoms with Crippen molar-refractivity contribution in [3.05, 3.63) is 47.7 Å². The molecule has 23 heavy (non-hydrogen) atoms. The molecule has 120 valence electrons. The minimum absolute atomic E-state index is 0.0831. The number of carbonyl (C=O) groups is 3. The van der Waals surface area contributed by atoms with Gasteiger partial charge in [-0.25, -0.2) is 0 Å². The SMILES string of the molecule is COC(=O)CNC(=O)c1cc(NC(=O)c2ccccc2)n(C)n1. The lowest BCUT2D eigenvalue weighted by Gasteiger charge is -2.04. The van der Waals surface area contributed by atoms with E-state index in [2.05, 4.69) is 20.5 Å². The minimum atomic E-state index is -0.563. The number of esters is 1. The van der Waals surface area contributed by atoms with Crippen LogP contribution in [-0.4, -0.2) is 41.2 Å². The Morgan fingerprint density at radius 3 is 2.52 bits per heavy atom. The van der Waals surface area contributed by atoms with Gasteiger partial charge in [-0.3, -0.25) is 19.1 Å². The molecule has 0 atom stereocenters. The van der Waals surface area contributed by atoms with Crippen LogP contribution in [0.15, 0.2) is 36.4 Å². The van der Waals surface area contributed by atoms with Crippen molar-refractivity contribution in [2.75, 3.05) is 19.0 Å². The lowest BCUT2D eigenvalue weighted by molar-refractivity contribution is -0.139. The predicted octanol–water partition coefficient (Wildman–Crippen LogP) is 0.575. The molecule has 1 heterocycles. The lowest BCUT2D eigenvalue weighted by Crippen LogP contribution is -2.30. The molecule has 0 radical (unpaired) electrons. The van der Waals surface area contributed by atoms with Crippen molar-refractivity contribution in [1.82, 2.24) is 15.1 Å². The summed E-state index contributed by atoms with van der Waals surface area (Å²) in [5, 5.41) is 9.04. The molecule has 2 rings (SSSR count). The van der Waals surface area contributed by atoms with Crippen LogP contribution in [0.2, 0.25) is 0 Å². The fraction of sp³-hybridized carbons (Fsp3) is 0.200. The number of hydrogen-bond acceptors (Lipinski definition) is 5. The van der Waals surface area contributed by atoms with Crippen molar-refractivity contribution in [3.8, 4) is 0 Å². The summed E-state index contributed by atoms with van der Waals surface area (Å²) in [5.41, 5.74) is 0.574. The maximum absolute atomic E-state index is 12.1. The first-order valence-electron chi connectivity index (χ1n) is 6.76. The standard InChI is InChI=1S/C15H16N4O4/c1-19-12(17-14(21)10-6-4-3-5-7-10)8-11(18-19)15(22)16-9-13(20)23-2/h3-8H,9H2,1-2H3,(H,16,22)(H,17,21). The Morgan fingerprint density at radius 2 is 1.87 bits per heavy atom. The van der Waals surface area contributed by atoms with Gasteiger partial charge in [0.1, 0.15) is 12.4 Å².